The van der Waals surface area contributed by atoms with E-state index in [1.807, 2.05) is 35.2 Å². The number of nitrogens with zero attached hydrogens (tertiary/aromatic N) is 1. The highest BCUT2D eigenvalue weighted by atomic mass is 16.4. The van der Waals surface area contributed by atoms with Gasteiger partial charge in [0.05, 0.1) is 12.0 Å². The fourth-order valence-corrected chi connectivity index (χ4v) is 3.10. The monoisotopic (exact) mass is 337 g/mol. The van der Waals surface area contributed by atoms with Crippen molar-refractivity contribution < 1.29 is 14.7 Å². The van der Waals surface area contributed by atoms with E-state index >= 15 is 0 Å². The highest BCUT2D eigenvalue weighted by Crippen LogP contribution is 2.28. The summed E-state index contributed by atoms with van der Waals surface area (Å²) in [6.45, 7) is 1.43. The van der Waals surface area contributed by atoms with Gasteiger partial charge in [0.25, 0.3) is 0 Å². The Labute approximate surface area is 148 Å². The van der Waals surface area contributed by atoms with Gasteiger partial charge >= 0.3 is 5.97 Å². The molecule has 1 fully saturated rings. The van der Waals surface area contributed by atoms with Crippen molar-refractivity contribution in [2.24, 2.45) is 5.92 Å². The normalized spacial score (nSPS) is 13.9. The van der Waals surface area contributed by atoms with Gasteiger partial charge in [-0.05, 0) is 42.0 Å². The van der Waals surface area contributed by atoms with Gasteiger partial charge in [0.15, 0.2) is 0 Å². The highest BCUT2D eigenvalue weighted by molar-refractivity contribution is 5.87. The van der Waals surface area contributed by atoms with Gasteiger partial charge in [-0.2, -0.15) is 0 Å². The molecule has 4 heteroatoms. The molecule has 130 valence electrons. The number of carboxylic acids is 1. The molecule has 3 rings (SSSR count). The van der Waals surface area contributed by atoms with E-state index in [4.69, 9.17) is 5.11 Å². The minimum atomic E-state index is -0.950. The van der Waals surface area contributed by atoms with Crippen LogP contribution in [0.2, 0.25) is 0 Å². The van der Waals surface area contributed by atoms with Crippen LogP contribution in [-0.2, 0) is 17.8 Å². The van der Waals surface area contributed by atoms with Gasteiger partial charge in [-0.25, -0.2) is 4.79 Å². The first-order valence-corrected chi connectivity index (χ1v) is 8.76. The first-order chi connectivity index (χ1) is 12.1. The Morgan fingerprint density at radius 1 is 0.960 bits per heavy atom. The van der Waals surface area contributed by atoms with Gasteiger partial charge in [0, 0.05) is 13.1 Å². The second-order valence-electron chi connectivity index (χ2n) is 6.74. The van der Waals surface area contributed by atoms with Crippen molar-refractivity contribution in [1.82, 2.24) is 4.90 Å². The van der Waals surface area contributed by atoms with Gasteiger partial charge in [-0.1, -0.05) is 48.9 Å². The number of hydrogen-bond acceptors (Lipinski definition) is 2. The molecule has 0 aliphatic heterocycles. The number of hydrogen-bond donors (Lipinski definition) is 1. The second kappa shape index (κ2) is 7.97. The Morgan fingerprint density at radius 3 is 2.20 bits per heavy atom. The van der Waals surface area contributed by atoms with E-state index in [0.717, 1.165) is 17.7 Å². The number of aromatic carboxylic acids is 1. The molecule has 0 radical (unpaired) electrons. The van der Waals surface area contributed by atoms with Crippen LogP contribution in [-0.4, -0.2) is 28.4 Å². The highest BCUT2D eigenvalue weighted by Gasteiger charge is 2.24. The van der Waals surface area contributed by atoms with Gasteiger partial charge in [-0.3, -0.25) is 4.79 Å². The third-order valence-corrected chi connectivity index (χ3v) is 4.83. The van der Waals surface area contributed by atoms with Crippen molar-refractivity contribution in [1.29, 1.82) is 0 Å². The molecule has 2 aromatic rings. The predicted molar refractivity (Wildman–Crippen MR) is 96.3 cm³/mol. The van der Waals surface area contributed by atoms with Gasteiger partial charge < -0.3 is 10.0 Å². The lowest BCUT2D eigenvalue weighted by atomic mass is 9.85. The Balaban J connectivity index is 1.68. The maximum Gasteiger partial charge on any atom is 0.335 e. The summed E-state index contributed by atoms with van der Waals surface area (Å²) in [5.74, 6) is -0.241. The van der Waals surface area contributed by atoms with Crippen LogP contribution in [0.25, 0.3) is 0 Å². The molecule has 2 aromatic carbocycles. The smallest absolute Gasteiger partial charge is 0.335 e. The first kappa shape index (κ1) is 17.2. The first-order valence-electron chi connectivity index (χ1n) is 8.76. The van der Waals surface area contributed by atoms with E-state index in [1.165, 1.54) is 19.3 Å². The van der Waals surface area contributed by atoms with Crippen molar-refractivity contribution in [3.63, 3.8) is 0 Å². The van der Waals surface area contributed by atoms with Crippen molar-refractivity contribution in [2.45, 2.75) is 32.2 Å². The SMILES string of the molecule is O=C(O)c1ccc(CC(=O)N(Cc2ccccc2)CC2CCC2)cc1. The Bertz CT molecular complexity index is 721. The molecule has 1 saturated carbocycles. The maximum atomic E-state index is 12.8. The average molecular weight is 337 g/mol. The van der Waals surface area contributed by atoms with E-state index in [-0.39, 0.29) is 11.5 Å². The molecule has 1 aliphatic carbocycles. The van der Waals surface area contributed by atoms with Crippen LogP contribution < -0.4 is 0 Å². The summed E-state index contributed by atoms with van der Waals surface area (Å²) >= 11 is 0. The van der Waals surface area contributed by atoms with Crippen LogP contribution >= 0.6 is 0 Å². The number of rotatable bonds is 7. The number of amides is 1. The van der Waals surface area contributed by atoms with Crippen LogP contribution in [0.1, 0.15) is 40.7 Å². The number of carbonyl (C=O) groups excluding carboxylic acids is 1. The van der Waals surface area contributed by atoms with Gasteiger partial charge in [0.2, 0.25) is 5.91 Å². The third kappa shape index (κ3) is 4.69. The second-order valence-corrected chi connectivity index (χ2v) is 6.74. The lowest BCUT2D eigenvalue weighted by molar-refractivity contribution is -0.132. The zero-order valence-corrected chi connectivity index (χ0v) is 14.2. The molecule has 0 bridgehead atoms. The predicted octanol–water partition coefficient (Wildman–Crippen LogP) is 3.76. The Hall–Kier alpha value is -2.62. The van der Waals surface area contributed by atoms with Crippen molar-refractivity contribution >= 4 is 11.9 Å². The molecule has 0 atom stereocenters. The van der Waals surface area contributed by atoms with Crippen molar-refractivity contribution in [3.05, 3.63) is 71.3 Å². The van der Waals surface area contributed by atoms with Gasteiger partial charge in [0.1, 0.15) is 0 Å². The maximum absolute atomic E-state index is 12.8. The number of carbonyl (C=O) groups is 2. The summed E-state index contributed by atoms with van der Waals surface area (Å²) in [4.78, 5) is 25.7. The fraction of sp³-hybridized carbons (Fsp3) is 0.333. The Morgan fingerprint density at radius 2 is 1.64 bits per heavy atom. The van der Waals surface area contributed by atoms with Crippen LogP contribution in [0, 0.1) is 5.92 Å². The summed E-state index contributed by atoms with van der Waals surface area (Å²) < 4.78 is 0. The van der Waals surface area contributed by atoms with Crippen molar-refractivity contribution in [2.75, 3.05) is 6.54 Å². The fourth-order valence-electron chi connectivity index (χ4n) is 3.10. The zero-order valence-electron chi connectivity index (χ0n) is 14.2. The zero-order chi connectivity index (χ0) is 17.6. The topological polar surface area (TPSA) is 57.6 Å². The summed E-state index contributed by atoms with van der Waals surface area (Å²) in [6, 6.07) is 16.6. The molecule has 0 unspecified atom stereocenters. The lowest BCUT2D eigenvalue weighted by Gasteiger charge is -2.32. The molecule has 1 N–H and O–H groups in total. The summed E-state index contributed by atoms with van der Waals surface area (Å²) in [5.41, 5.74) is 2.23. The molecule has 0 heterocycles. The largest absolute Gasteiger partial charge is 0.478 e. The summed E-state index contributed by atoms with van der Waals surface area (Å²) in [5, 5.41) is 8.97. The van der Waals surface area contributed by atoms with Gasteiger partial charge in [-0.15, -0.1) is 0 Å². The summed E-state index contributed by atoms with van der Waals surface area (Å²) in [6.07, 6.45) is 3.96. The molecule has 1 aliphatic rings. The third-order valence-electron chi connectivity index (χ3n) is 4.83. The van der Waals surface area contributed by atoms with Crippen LogP contribution in [0.3, 0.4) is 0 Å². The summed E-state index contributed by atoms with van der Waals surface area (Å²) in [7, 11) is 0. The van der Waals surface area contributed by atoms with E-state index in [0.29, 0.717) is 18.9 Å². The number of benzene rings is 2. The number of carboxylic acid groups (broad SMARTS) is 1. The molecule has 0 aromatic heterocycles. The molecule has 1 amide bonds. The van der Waals surface area contributed by atoms with Crippen molar-refractivity contribution in [3.8, 4) is 0 Å². The molecule has 25 heavy (non-hydrogen) atoms. The van der Waals surface area contributed by atoms with E-state index < -0.39 is 5.97 Å². The Kier molecular flexibility index (Phi) is 5.49. The van der Waals surface area contributed by atoms with E-state index in [2.05, 4.69) is 0 Å². The molecular formula is C21H23NO3. The van der Waals surface area contributed by atoms with Crippen LogP contribution in [0.5, 0.6) is 0 Å². The minimum absolute atomic E-state index is 0.0961. The molecule has 0 saturated heterocycles. The quantitative estimate of drug-likeness (QED) is 0.837. The average Bonchev–Trinajstić information content (AvgIpc) is 2.58. The lowest BCUT2D eigenvalue weighted by Crippen LogP contribution is -2.37. The van der Waals surface area contributed by atoms with E-state index in [9.17, 15) is 9.59 Å². The van der Waals surface area contributed by atoms with E-state index in [1.54, 1.807) is 24.3 Å². The van der Waals surface area contributed by atoms with Crippen LogP contribution in [0.15, 0.2) is 54.6 Å². The molecule has 4 nitrogen and oxygen atoms in total. The standard InChI is InChI=1S/C21H23NO3/c23-20(13-16-9-11-19(12-10-16)21(24)25)22(15-18-7-4-8-18)14-17-5-2-1-3-6-17/h1-3,5-6,9-12,18H,4,7-8,13-15H2,(H,24,25). The van der Waals surface area contributed by atoms with Crippen LogP contribution in [0.4, 0.5) is 0 Å². The minimum Gasteiger partial charge on any atom is -0.478 e. The molecule has 0 spiro atoms. The molecular weight excluding hydrogens is 314 g/mol.